The highest BCUT2D eigenvalue weighted by Crippen LogP contribution is 2.43. The predicted octanol–water partition coefficient (Wildman–Crippen LogP) is 14.1. The van der Waals surface area contributed by atoms with Crippen LogP contribution in [0.5, 0.6) is 0 Å². The summed E-state index contributed by atoms with van der Waals surface area (Å²) in [5, 5.41) is 4.53. The van der Waals surface area contributed by atoms with Crippen LogP contribution in [0.3, 0.4) is 0 Å². The second-order valence-electron chi connectivity index (χ2n) is 12.8. The zero-order valence-electron chi connectivity index (χ0n) is 28.9. The molecule has 0 atom stereocenters. The Morgan fingerprint density at radius 1 is 0.558 bits per heavy atom. The van der Waals surface area contributed by atoms with Gasteiger partial charge in [-0.2, -0.15) is 0 Å². The van der Waals surface area contributed by atoms with Crippen molar-refractivity contribution in [2.24, 2.45) is 0 Å². The number of allylic oxidation sites excluding steroid dienone is 5. The van der Waals surface area contributed by atoms with Gasteiger partial charge in [-0.3, -0.25) is 0 Å². The maximum atomic E-state index is 6.71. The molecule has 0 fully saturated rings. The van der Waals surface area contributed by atoms with Crippen molar-refractivity contribution < 1.29 is 4.42 Å². The quantitative estimate of drug-likeness (QED) is 0.135. The lowest BCUT2D eigenvalue weighted by atomic mass is 9.98. The summed E-state index contributed by atoms with van der Waals surface area (Å²) in [4.78, 5) is 2.24. The molecule has 0 aliphatic rings. The molecule has 0 bridgehead atoms. The summed E-state index contributed by atoms with van der Waals surface area (Å²) in [7, 11) is 0. The largest absolute Gasteiger partial charge is 0.455 e. The topological polar surface area (TPSA) is 16.4 Å². The number of hydrogen-bond donors (Lipinski definition) is 0. The Bertz CT molecular complexity index is 2660. The number of benzene rings is 7. The minimum absolute atomic E-state index is 0.789. The standard InChI is InChI=1S/C50H37NO/c1-4-42(32-36(3)35(2)26-27-37-16-7-5-8-17-37)51(43-30-28-39(29-31-43)38-18-9-6-10-19-38)48-25-14-13-22-44(48)45-23-15-24-46-47-33-40-20-11-12-21-41(40)34-49(47)52-50(45)46/h4-34H,1-3H2/b27-26-,42-32+. The van der Waals surface area contributed by atoms with Crippen LogP contribution in [0.15, 0.2) is 223 Å². The van der Waals surface area contributed by atoms with Gasteiger partial charge in [0.15, 0.2) is 0 Å². The molecule has 0 unspecified atom stereocenters. The first-order valence-electron chi connectivity index (χ1n) is 17.4. The monoisotopic (exact) mass is 667 g/mol. The molecule has 0 aliphatic heterocycles. The molecule has 2 heteroatoms. The van der Waals surface area contributed by atoms with Crippen LogP contribution in [0.1, 0.15) is 5.56 Å². The van der Waals surface area contributed by atoms with Gasteiger partial charge in [0, 0.05) is 33.3 Å². The fraction of sp³-hybridized carbons (Fsp3) is 0. The van der Waals surface area contributed by atoms with E-state index < -0.39 is 0 Å². The fourth-order valence-corrected chi connectivity index (χ4v) is 6.81. The third-order valence-electron chi connectivity index (χ3n) is 9.51. The Labute approximate surface area is 304 Å². The smallest absolute Gasteiger partial charge is 0.143 e. The highest BCUT2D eigenvalue weighted by Gasteiger charge is 2.21. The maximum Gasteiger partial charge on any atom is 0.143 e. The Morgan fingerprint density at radius 2 is 1.19 bits per heavy atom. The number of rotatable bonds is 10. The van der Waals surface area contributed by atoms with Crippen molar-refractivity contribution in [1.29, 1.82) is 0 Å². The van der Waals surface area contributed by atoms with E-state index >= 15 is 0 Å². The van der Waals surface area contributed by atoms with Crippen molar-refractivity contribution >= 4 is 50.2 Å². The fourth-order valence-electron chi connectivity index (χ4n) is 6.81. The Kier molecular flexibility index (Phi) is 8.79. The molecule has 0 saturated heterocycles. The molecule has 0 spiro atoms. The molecular weight excluding hydrogens is 631 g/mol. The second kappa shape index (κ2) is 14.1. The third kappa shape index (κ3) is 6.30. The molecule has 0 saturated carbocycles. The predicted molar refractivity (Wildman–Crippen MR) is 223 cm³/mol. The number of fused-ring (bicyclic) bond motifs is 4. The number of anilines is 2. The molecule has 52 heavy (non-hydrogen) atoms. The maximum absolute atomic E-state index is 6.71. The van der Waals surface area contributed by atoms with E-state index in [1.54, 1.807) is 0 Å². The van der Waals surface area contributed by atoms with E-state index in [9.17, 15) is 0 Å². The molecule has 7 aromatic carbocycles. The normalized spacial score (nSPS) is 11.7. The minimum atomic E-state index is 0.789. The van der Waals surface area contributed by atoms with Crippen LogP contribution in [-0.4, -0.2) is 0 Å². The number of furan rings is 1. The zero-order chi connectivity index (χ0) is 35.4. The van der Waals surface area contributed by atoms with Gasteiger partial charge in [0.1, 0.15) is 11.2 Å². The molecule has 0 aliphatic carbocycles. The van der Waals surface area contributed by atoms with Gasteiger partial charge in [0.2, 0.25) is 0 Å². The first-order valence-corrected chi connectivity index (χ1v) is 17.4. The zero-order valence-corrected chi connectivity index (χ0v) is 28.9. The second-order valence-corrected chi connectivity index (χ2v) is 12.8. The van der Waals surface area contributed by atoms with Gasteiger partial charge in [-0.05, 0) is 81.1 Å². The Balaban J connectivity index is 1.27. The van der Waals surface area contributed by atoms with Gasteiger partial charge in [0.25, 0.3) is 0 Å². The average molecular weight is 668 g/mol. The van der Waals surface area contributed by atoms with Crippen LogP contribution in [0.4, 0.5) is 11.4 Å². The van der Waals surface area contributed by atoms with Crippen molar-refractivity contribution in [1.82, 2.24) is 0 Å². The number of para-hydroxylation sites is 2. The molecule has 1 heterocycles. The highest BCUT2D eigenvalue weighted by atomic mass is 16.3. The van der Waals surface area contributed by atoms with E-state index in [-0.39, 0.29) is 0 Å². The van der Waals surface area contributed by atoms with Gasteiger partial charge < -0.3 is 9.32 Å². The van der Waals surface area contributed by atoms with Crippen LogP contribution < -0.4 is 4.90 Å². The summed E-state index contributed by atoms with van der Waals surface area (Å²) in [5.41, 5.74) is 11.6. The van der Waals surface area contributed by atoms with Crippen molar-refractivity contribution in [3.8, 4) is 22.3 Å². The molecule has 0 N–H and O–H groups in total. The lowest BCUT2D eigenvalue weighted by Crippen LogP contribution is -2.16. The van der Waals surface area contributed by atoms with Gasteiger partial charge in [-0.25, -0.2) is 0 Å². The van der Waals surface area contributed by atoms with E-state index in [1.807, 2.05) is 36.4 Å². The SMILES string of the molecule is C=C/C(=C\C(=C)C(=C)/C=C\c1ccccc1)N(c1ccc(-c2ccccc2)cc1)c1ccccc1-c1cccc2c1oc1cc3ccccc3cc12. The lowest BCUT2D eigenvalue weighted by molar-refractivity contribution is 0.670. The summed E-state index contributed by atoms with van der Waals surface area (Å²) in [5.74, 6) is 0. The molecule has 8 rings (SSSR count). The van der Waals surface area contributed by atoms with Crippen molar-refractivity contribution in [2.75, 3.05) is 4.90 Å². The lowest BCUT2D eigenvalue weighted by Gasteiger charge is -2.29. The van der Waals surface area contributed by atoms with Crippen LogP contribution in [0.25, 0.3) is 61.0 Å². The van der Waals surface area contributed by atoms with Gasteiger partial charge in [0.05, 0.1) is 5.69 Å². The molecular formula is C50H37NO. The molecule has 0 radical (unpaired) electrons. The number of hydrogen-bond acceptors (Lipinski definition) is 2. The molecule has 248 valence electrons. The third-order valence-corrected chi connectivity index (χ3v) is 9.51. The molecule has 1 aromatic heterocycles. The Hall–Kier alpha value is -6.90. The van der Waals surface area contributed by atoms with Crippen molar-refractivity contribution in [3.05, 3.63) is 224 Å². The summed E-state index contributed by atoms with van der Waals surface area (Å²) >= 11 is 0. The average Bonchev–Trinajstić information content (AvgIpc) is 3.57. The van der Waals surface area contributed by atoms with Crippen molar-refractivity contribution in [3.63, 3.8) is 0 Å². The highest BCUT2D eigenvalue weighted by molar-refractivity contribution is 6.14. The molecule has 0 amide bonds. The van der Waals surface area contributed by atoms with E-state index in [2.05, 4.69) is 176 Å². The number of nitrogens with zero attached hydrogens (tertiary/aromatic N) is 1. The van der Waals surface area contributed by atoms with E-state index in [1.165, 1.54) is 10.9 Å². The van der Waals surface area contributed by atoms with Crippen LogP contribution >= 0.6 is 0 Å². The first kappa shape index (κ1) is 32.3. The van der Waals surface area contributed by atoms with Crippen LogP contribution in [0.2, 0.25) is 0 Å². The van der Waals surface area contributed by atoms with Crippen LogP contribution in [-0.2, 0) is 0 Å². The summed E-state index contributed by atoms with van der Waals surface area (Å²) < 4.78 is 6.71. The summed E-state index contributed by atoms with van der Waals surface area (Å²) in [6, 6.07) is 57.0. The van der Waals surface area contributed by atoms with Gasteiger partial charge >= 0.3 is 0 Å². The van der Waals surface area contributed by atoms with Gasteiger partial charge in [-0.15, -0.1) is 0 Å². The van der Waals surface area contributed by atoms with Gasteiger partial charge in [-0.1, -0.05) is 165 Å². The minimum Gasteiger partial charge on any atom is -0.455 e. The van der Waals surface area contributed by atoms with Crippen LogP contribution in [0, 0.1) is 0 Å². The first-order chi connectivity index (χ1) is 25.6. The summed E-state index contributed by atoms with van der Waals surface area (Å²) in [6.45, 7) is 13.1. The molecule has 2 nitrogen and oxygen atoms in total. The van der Waals surface area contributed by atoms with E-state index in [0.717, 1.165) is 77.8 Å². The summed E-state index contributed by atoms with van der Waals surface area (Å²) in [6.07, 6.45) is 8.00. The van der Waals surface area contributed by atoms with Crippen molar-refractivity contribution in [2.45, 2.75) is 0 Å². The van der Waals surface area contributed by atoms with E-state index in [4.69, 9.17) is 4.42 Å². The van der Waals surface area contributed by atoms with E-state index in [0.29, 0.717) is 0 Å². The Morgan fingerprint density at radius 3 is 1.94 bits per heavy atom. The molecule has 8 aromatic rings.